The van der Waals surface area contributed by atoms with Crippen LogP contribution in [0.4, 0.5) is 0 Å². The van der Waals surface area contributed by atoms with Crippen LogP contribution in [0.5, 0.6) is 11.5 Å². The Labute approximate surface area is 216 Å². The Hall–Kier alpha value is -4.13. The lowest BCUT2D eigenvalue weighted by molar-refractivity contribution is 0.0684. The number of nitrogens with zero attached hydrogens (tertiary/aromatic N) is 2. The predicted molar refractivity (Wildman–Crippen MR) is 145 cm³/mol. The Morgan fingerprint density at radius 2 is 1.76 bits per heavy atom. The quantitative estimate of drug-likeness (QED) is 0.339. The molecular weight excluding hydrogens is 468 g/mol. The summed E-state index contributed by atoms with van der Waals surface area (Å²) in [6.07, 6.45) is 0. The van der Waals surface area contributed by atoms with Crippen molar-refractivity contribution in [3.05, 3.63) is 87.3 Å². The van der Waals surface area contributed by atoms with Crippen LogP contribution in [0, 0.1) is 0 Å². The summed E-state index contributed by atoms with van der Waals surface area (Å²) in [6, 6.07) is 16.6. The number of carboxylic acids is 1. The third kappa shape index (κ3) is 4.81. The van der Waals surface area contributed by atoms with Crippen molar-refractivity contribution in [2.75, 3.05) is 7.11 Å². The van der Waals surface area contributed by atoms with Crippen LogP contribution < -0.4 is 10.3 Å². The lowest BCUT2D eigenvalue weighted by atomic mass is 9.85. The van der Waals surface area contributed by atoms with Gasteiger partial charge in [0, 0.05) is 10.9 Å². The maximum absolute atomic E-state index is 13.8. The molecule has 0 bridgehead atoms. The van der Waals surface area contributed by atoms with Gasteiger partial charge in [-0.1, -0.05) is 71.0 Å². The standard InChI is InChI=1S/C30H32N2O5/c1-17(2)19-12-11-18-13-14-21(31-22(18)15-19)24-26(29(35)36)32(16-20-9-7-8-10-23(20)37-6)28(34)25(27(24)33)30(3,4)5/h7-15,17,33H,16H2,1-6H3,(H,35,36). The van der Waals surface area contributed by atoms with E-state index in [2.05, 4.69) is 13.8 Å². The van der Waals surface area contributed by atoms with Crippen LogP contribution in [-0.4, -0.2) is 32.8 Å². The van der Waals surface area contributed by atoms with Crippen LogP contribution in [-0.2, 0) is 12.0 Å². The molecule has 4 aromatic rings. The molecule has 2 heterocycles. The van der Waals surface area contributed by atoms with Crippen LogP contribution in [0.15, 0.2) is 59.4 Å². The average molecular weight is 501 g/mol. The van der Waals surface area contributed by atoms with Gasteiger partial charge < -0.3 is 14.9 Å². The summed E-state index contributed by atoms with van der Waals surface area (Å²) in [5.41, 5.74) is 1.17. The number of benzene rings is 2. The average Bonchev–Trinajstić information content (AvgIpc) is 2.84. The van der Waals surface area contributed by atoms with E-state index in [9.17, 15) is 19.8 Å². The lowest BCUT2D eigenvalue weighted by Gasteiger charge is -2.25. The number of methoxy groups -OCH3 is 1. The molecule has 192 valence electrons. The summed E-state index contributed by atoms with van der Waals surface area (Å²) in [5, 5.41) is 22.7. The molecular formula is C30H32N2O5. The number of pyridine rings is 2. The topological polar surface area (TPSA) is 102 Å². The summed E-state index contributed by atoms with van der Waals surface area (Å²) in [5.74, 6) is -0.885. The van der Waals surface area contributed by atoms with Gasteiger partial charge in [0.25, 0.3) is 5.56 Å². The fourth-order valence-electron chi connectivity index (χ4n) is 4.64. The van der Waals surface area contributed by atoms with Crippen molar-refractivity contribution < 1.29 is 19.7 Å². The van der Waals surface area contributed by atoms with Crippen molar-refractivity contribution in [3.8, 4) is 22.8 Å². The molecule has 0 saturated carbocycles. The Bertz CT molecular complexity index is 1560. The van der Waals surface area contributed by atoms with E-state index in [4.69, 9.17) is 9.72 Å². The van der Waals surface area contributed by atoms with Gasteiger partial charge in [-0.25, -0.2) is 9.78 Å². The smallest absolute Gasteiger partial charge is 0.353 e. The Kier molecular flexibility index (Phi) is 6.82. The molecule has 7 nitrogen and oxygen atoms in total. The van der Waals surface area contributed by atoms with Gasteiger partial charge in [-0.05, 0) is 35.1 Å². The molecule has 37 heavy (non-hydrogen) atoms. The van der Waals surface area contributed by atoms with Gasteiger partial charge in [-0.2, -0.15) is 0 Å². The number of hydrogen-bond acceptors (Lipinski definition) is 5. The van der Waals surface area contributed by atoms with Gasteiger partial charge in [0.1, 0.15) is 17.2 Å². The first-order valence-corrected chi connectivity index (χ1v) is 12.2. The van der Waals surface area contributed by atoms with Gasteiger partial charge in [0.05, 0.1) is 36.0 Å². The Morgan fingerprint density at radius 1 is 1.08 bits per heavy atom. The fourth-order valence-corrected chi connectivity index (χ4v) is 4.64. The van der Waals surface area contributed by atoms with Crippen molar-refractivity contribution in [1.82, 2.24) is 9.55 Å². The molecule has 2 aromatic heterocycles. The second-order valence-corrected chi connectivity index (χ2v) is 10.5. The van der Waals surface area contributed by atoms with E-state index in [0.717, 1.165) is 10.9 Å². The molecule has 0 amide bonds. The molecule has 0 atom stereocenters. The summed E-state index contributed by atoms with van der Waals surface area (Å²) < 4.78 is 6.65. The van der Waals surface area contributed by atoms with Crippen molar-refractivity contribution in [2.45, 2.75) is 52.5 Å². The van der Waals surface area contributed by atoms with E-state index in [0.29, 0.717) is 16.8 Å². The molecule has 0 unspecified atom stereocenters. The highest BCUT2D eigenvalue weighted by molar-refractivity contribution is 5.97. The first-order valence-electron chi connectivity index (χ1n) is 12.2. The van der Waals surface area contributed by atoms with E-state index >= 15 is 0 Å². The van der Waals surface area contributed by atoms with Crippen molar-refractivity contribution in [2.24, 2.45) is 0 Å². The zero-order chi connectivity index (χ0) is 27.1. The van der Waals surface area contributed by atoms with Crippen LogP contribution in [0.2, 0.25) is 0 Å². The SMILES string of the molecule is COc1ccccc1Cn1c(C(=O)O)c(-c2ccc3ccc(C(C)C)cc3n2)c(O)c(C(C)(C)C)c1=O. The van der Waals surface area contributed by atoms with Gasteiger partial charge in [-0.15, -0.1) is 0 Å². The molecule has 0 aliphatic carbocycles. The highest BCUT2D eigenvalue weighted by Crippen LogP contribution is 2.39. The van der Waals surface area contributed by atoms with E-state index in [1.165, 1.54) is 11.7 Å². The molecule has 0 saturated heterocycles. The number of carbonyl (C=O) groups is 1. The monoisotopic (exact) mass is 500 g/mol. The lowest BCUT2D eigenvalue weighted by Crippen LogP contribution is -2.35. The van der Waals surface area contributed by atoms with E-state index in [1.54, 1.807) is 30.3 Å². The Morgan fingerprint density at radius 3 is 2.38 bits per heavy atom. The number of rotatable bonds is 6. The Balaban J connectivity index is 2.09. The van der Waals surface area contributed by atoms with Crippen LogP contribution in [0.1, 0.15) is 67.7 Å². The summed E-state index contributed by atoms with van der Waals surface area (Å²) in [6.45, 7) is 9.55. The predicted octanol–water partition coefficient (Wildman–Crippen LogP) is 5.95. The largest absolute Gasteiger partial charge is 0.507 e. The van der Waals surface area contributed by atoms with E-state index in [1.807, 2.05) is 45.0 Å². The first kappa shape index (κ1) is 25.9. The molecule has 2 aromatic carbocycles. The normalized spacial score (nSPS) is 11.8. The fraction of sp³-hybridized carbons (Fsp3) is 0.300. The minimum atomic E-state index is -1.34. The zero-order valence-electron chi connectivity index (χ0n) is 22.0. The van der Waals surface area contributed by atoms with Gasteiger partial charge in [0.15, 0.2) is 0 Å². The third-order valence-corrected chi connectivity index (χ3v) is 6.55. The molecule has 0 radical (unpaired) electrons. The number of para-hydroxylation sites is 1. The van der Waals surface area contributed by atoms with Crippen molar-refractivity contribution >= 4 is 16.9 Å². The third-order valence-electron chi connectivity index (χ3n) is 6.55. The molecule has 0 aliphatic rings. The molecule has 4 rings (SSSR count). The molecule has 7 heteroatoms. The van der Waals surface area contributed by atoms with Gasteiger partial charge >= 0.3 is 5.97 Å². The van der Waals surface area contributed by atoms with Crippen LogP contribution in [0.25, 0.3) is 22.2 Å². The number of aromatic carboxylic acids is 1. The number of hydrogen-bond donors (Lipinski definition) is 2. The summed E-state index contributed by atoms with van der Waals surface area (Å²) >= 11 is 0. The number of ether oxygens (including phenoxy) is 1. The minimum Gasteiger partial charge on any atom is -0.507 e. The minimum absolute atomic E-state index is 0.0174. The second-order valence-electron chi connectivity index (χ2n) is 10.5. The zero-order valence-corrected chi connectivity index (χ0v) is 22.0. The number of carboxylic acid groups (broad SMARTS) is 1. The highest BCUT2D eigenvalue weighted by Gasteiger charge is 2.32. The van der Waals surface area contributed by atoms with Crippen LogP contribution in [0.3, 0.4) is 0 Å². The summed E-state index contributed by atoms with van der Waals surface area (Å²) in [7, 11) is 1.52. The van der Waals surface area contributed by atoms with E-state index < -0.39 is 16.9 Å². The molecule has 0 aliphatic heterocycles. The van der Waals surface area contributed by atoms with Gasteiger partial charge in [-0.3, -0.25) is 9.36 Å². The second kappa shape index (κ2) is 9.73. The number of aromatic nitrogens is 2. The maximum Gasteiger partial charge on any atom is 0.353 e. The molecule has 0 fully saturated rings. The molecule has 0 spiro atoms. The number of fused-ring (bicyclic) bond motifs is 1. The van der Waals surface area contributed by atoms with Crippen LogP contribution >= 0.6 is 0 Å². The van der Waals surface area contributed by atoms with Gasteiger partial charge in [0.2, 0.25) is 0 Å². The van der Waals surface area contributed by atoms with Crippen molar-refractivity contribution in [3.63, 3.8) is 0 Å². The number of aromatic hydroxyl groups is 1. The first-order chi connectivity index (χ1) is 17.4. The van der Waals surface area contributed by atoms with E-state index in [-0.39, 0.29) is 40.7 Å². The van der Waals surface area contributed by atoms with Crippen molar-refractivity contribution in [1.29, 1.82) is 0 Å². The summed E-state index contributed by atoms with van der Waals surface area (Å²) in [4.78, 5) is 31.2. The maximum atomic E-state index is 13.8. The molecule has 2 N–H and O–H groups in total. The highest BCUT2D eigenvalue weighted by atomic mass is 16.5.